The lowest BCUT2D eigenvalue weighted by molar-refractivity contribution is -0.129. The van der Waals surface area contributed by atoms with Gasteiger partial charge in [0.1, 0.15) is 18.4 Å². The standard InChI is InChI=1S/C41H37N3O6S2/c1-29-12-22-37(23-13-29)51(46,47)42-39(27-31-8-4-3-5-9-31)41(45)43-40(44(43)52(48,49)38-24-14-30(2)15-25-38)34-18-20-36(21-19-34)50-28-32-16-17-33-10-6-7-11-35(33)26-32/h3-26,39-40,42H,27-28H2,1-2H3. The number of carbonyl (C=O) groups excluding carboxylic acids is 1. The SMILES string of the molecule is Cc1ccc(S(=O)(=O)NC(Cc2ccccc2)C(=O)N2C(c3ccc(OCc4ccc5ccccc5c4)cc3)N2S(=O)(=O)c2ccc(C)cc2)cc1. The van der Waals surface area contributed by atoms with Crippen molar-refractivity contribution in [3.05, 3.63) is 173 Å². The summed E-state index contributed by atoms with van der Waals surface area (Å²) < 4.78 is 65.1. The van der Waals surface area contributed by atoms with Crippen molar-refractivity contribution in [3.63, 3.8) is 0 Å². The lowest BCUT2D eigenvalue weighted by Crippen LogP contribution is -2.46. The smallest absolute Gasteiger partial charge is 0.262 e. The summed E-state index contributed by atoms with van der Waals surface area (Å²) in [4.78, 5) is 14.5. The fourth-order valence-corrected chi connectivity index (χ4v) is 8.82. The molecule has 3 atom stereocenters. The van der Waals surface area contributed by atoms with E-state index in [9.17, 15) is 21.6 Å². The van der Waals surface area contributed by atoms with Crippen LogP contribution >= 0.6 is 0 Å². The Labute approximate surface area is 304 Å². The van der Waals surface area contributed by atoms with E-state index in [1.54, 1.807) is 72.8 Å². The van der Waals surface area contributed by atoms with E-state index < -0.39 is 38.2 Å². The van der Waals surface area contributed by atoms with Gasteiger partial charge < -0.3 is 4.74 Å². The highest BCUT2D eigenvalue weighted by Gasteiger charge is 2.59. The number of hydrogen-bond acceptors (Lipinski definition) is 6. The van der Waals surface area contributed by atoms with E-state index in [1.165, 1.54) is 24.3 Å². The second-order valence-electron chi connectivity index (χ2n) is 12.9. The van der Waals surface area contributed by atoms with Gasteiger partial charge in [-0.1, -0.05) is 119 Å². The van der Waals surface area contributed by atoms with E-state index in [1.807, 2.05) is 50.2 Å². The monoisotopic (exact) mass is 731 g/mol. The highest BCUT2D eigenvalue weighted by molar-refractivity contribution is 7.89. The zero-order valence-electron chi connectivity index (χ0n) is 28.6. The second kappa shape index (κ2) is 14.4. The Kier molecular flexibility index (Phi) is 9.69. The van der Waals surface area contributed by atoms with Crippen LogP contribution in [0.3, 0.4) is 0 Å². The molecule has 0 spiro atoms. The molecule has 1 aliphatic rings. The van der Waals surface area contributed by atoms with Gasteiger partial charge in [-0.3, -0.25) is 4.79 Å². The number of ether oxygens (including phenoxy) is 1. The number of rotatable bonds is 12. The average Bonchev–Trinajstić information content (AvgIpc) is 3.91. The van der Waals surface area contributed by atoms with Crippen molar-refractivity contribution < 1.29 is 26.4 Å². The zero-order chi connectivity index (χ0) is 36.5. The number of amides is 1. The zero-order valence-corrected chi connectivity index (χ0v) is 30.2. The van der Waals surface area contributed by atoms with Crippen molar-refractivity contribution in [2.45, 2.75) is 48.9 Å². The topological polar surface area (TPSA) is 113 Å². The molecule has 7 rings (SSSR count). The van der Waals surface area contributed by atoms with E-state index in [0.717, 1.165) is 36.9 Å². The second-order valence-corrected chi connectivity index (χ2v) is 16.4. The number of sulfonamides is 2. The van der Waals surface area contributed by atoms with Crippen LogP contribution in [0, 0.1) is 13.8 Å². The first-order chi connectivity index (χ1) is 25.0. The maximum Gasteiger partial charge on any atom is 0.262 e. The third-order valence-corrected chi connectivity index (χ3v) is 12.2. The van der Waals surface area contributed by atoms with Gasteiger partial charge >= 0.3 is 0 Å². The Balaban J connectivity index is 1.19. The number of nitrogens with one attached hydrogen (secondary N) is 1. The van der Waals surface area contributed by atoms with Gasteiger partial charge in [-0.2, -0.15) is 4.72 Å². The fraction of sp³-hybridized carbons (Fsp3) is 0.146. The van der Waals surface area contributed by atoms with Crippen molar-refractivity contribution in [1.29, 1.82) is 0 Å². The molecule has 1 N–H and O–H groups in total. The summed E-state index contributed by atoms with van der Waals surface area (Å²) in [6.07, 6.45) is -1.02. The first-order valence-corrected chi connectivity index (χ1v) is 19.7. The first kappa shape index (κ1) is 35.1. The number of hydrazine groups is 1. The minimum Gasteiger partial charge on any atom is -0.489 e. The summed E-state index contributed by atoms with van der Waals surface area (Å²) in [6, 6.07) is 41.4. The van der Waals surface area contributed by atoms with Crippen LogP contribution in [-0.2, 0) is 37.9 Å². The van der Waals surface area contributed by atoms with Gasteiger partial charge in [-0.05, 0) is 90.2 Å². The molecule has 6 aromatic carbocycles. The lowest BCUT2D eigenvalue weighted by Gasteiger charge is -2.19. The van der Waals surface area contributed by atoms with Gasteiger partial charge in [0.15, 0.2) is 6.17 Å². The minimum absolute atomic E-state index is 0.00489. The molecular formula is C41H37N3O6S2. The van der Waals surface area contributed by atoms with Crippen molar-refractivity contribution in [2.75, 3.05) is 0 Å². The molecule has 1 aliphatic heterocycles. The molecule has 1 heterocycles. The van der Waals surface area contributed by atoms with Crippen molar-refractivity contribution in [3.8, 4) is 5.75 Å². The molecule has 0 radical (unpaired) electrons. The van der Waals surface area contributed by atoms with Crippen molar-refractivity contribution in [2.24, 2.45) is 0 Å². The Morgan fingerprint density at radius 3 is 1.92 bits per heavy atom. The van der Waals surface area contributed by atoms with E-state index in [2.05, 4.69) is 16.9 Å². The molecule has 0 aromatic heterocycles. The van der Waals surface area contributed by atoms with Gasteiger partial charge in [-0.15, -0.1) is 0 Å². The molecule has 1 amide bonds. The summed E-state index contributed by atoms with van der Waals surface area (Å²) in [5.41, 5.74) is 3.97. The third-order valence-electron chi connectivity index (χ3n) is 9.00. The largest absolute Gasteiger partial charge is 0.489 e. The van der Waals surface area contributed by atoms with Gasteiger partial charge in [0.2, 0.25) is 10.0 Å². The van der Waals surface area contributed by atoms with Gasteiger partial charge in [0.25, 0.3) is 15.9 Å². The van der Waals surface area contributed by atoms with E-state index in [0.29, 0.717) is 23.5 Å². The predicted molar refractivity (Wildman–Crippen MR) is 200 cm³/mol. The molecular weight excluding hydrogens is 695 g/mol. The summed E-state index contributed by atoms with van der Waals surface area (Å²) in [6.45, 7) is 4.03. The fourth-order valence-electron chi connectivity index (χ4n) is 6.10. The number of aryl methyl sites for hydroxylation is 2. The quantitative estimate of drug-likeness (QED) is 0.135. The van der Waals surface area contributed by atoms with Gasteiger partial charge in [0, 0.05) is 0 Å². The Bertz CT molecular complexity index is 2440. The van der Waals surface area contributed by atoms with Crippen LogP contribution in [0.4, 0.5) is 0 Å². The van der Waals surface area contributed by atoms with Crippen LogP contribution in [0.25, 0.3) is 10.8 Å². The predicted octanol–water partition coefficient (Wildman–Crippen LogP) is 7.07. The molecule has 1 fully saturated rings. The molecule has 264 valence electrons. The van der Waals surface area contributed by atoms with Gasteiger partial charge in [-0.25, -0.2) is 21.8 Å². The summed E-state index contributed by atoms with van der Waals surface area (Å²) in [5, 5.41) is 3.36. The summed E-state index contributed by atoms with van der Waals surface area (Å²) >= 11 is 0. The molecule has 11 heteroatoms. The molecule has 1 saturated heterocycles. The molecule has 0 aliphatic carbocycles. The van der Waals surface area contributed by atoms with Crippen LogP contribution in [0.5, 0.6) is 5.75 Å². The lowest BCUT2D eigenvalue weighted by atomic mass is 10.1. The van der Waals surface area contributed by atoms with E-state index in [4.69, 9.17) is 4.74 Å². The molecule has 9 nitrogen and oxygen atoms in total. The summed E-state index contributed by atoms with van der Waals surface area (Å²) in [5.74, 6) is -0.145. The number of fused-ring (bicyclic) bond motifs is 1. The molecule has 52 heavy (non-hydrogen) atoms. The maximum absolute atomic E-state index is 14.5. The minimum atomic E-state index is -4.23. The van der Waals surface area contributed by atoms with Crippen LogP contribution in [0.15, 0.2) is 155 Å². The van der Waals surface area contributed by atoms with Crippen molar-refractivity contribution >= 4 is 36.7 Å². The Hall–Kier alpha value is -5.33. The molecule has 3 unspecified atom stereocenters. The number of nitrogens with zero attached hydrogens (tertiary/aromatic N) is 2. The summed E-state index contributed by atoms with van der Waals surface area (Å²) in [7, 11) is -8.39. The normalized spacial score (nSPS) is 16.4. The van der Waals surface area contributed by atoms with Crippen LogP contribution < -0.4 is 9.46 Å². The average molecular weight is 732 g/mol. The Morgan fingerprint density at radius 1 is 0.673 bits per heavy atom. The third kappa shape index (κ3) is 7.49. The van der Waals surface area contributed by atoms with Crippen molar-refractivity contribution in [1.82, 2.24) is 14.1 Å². The highest BCUT2D eigenvalue weighted by Crippen LogP contribution is 2.47. The molecule has 6 aromatic rings. The first-order valence-electron chi connectivity index (χ1n) is 16.8. The number of benzene rings is 6. The Morgan fingerprint density at radius 2 is 1.27 bits per heavy atom. The van der Waals surface area contributed by atoms with E-state index >= 15 is 0 Å². The van der Waals surface area contributed by atoms with Crippen LogP contribution in [0.1, 0.15) is 34.0 Å². The molecule has 0 bridgehead atoms. The van der Waals surface area contributed by atoms with Crippen LogP contribution in [-0.4, -0.2) is 38.2 Å². The van der Waals surface area contributed by atoms with E-state index in [-0.39, 0.29) is 16.2 Å². The maximum atomic E-state index is 14.5. The van der Waals surface area contributed by atoms with Crippen LogP contribution in [0.2, 0.25) is 0 Å². The molecule has 0 saturated carbocycles. The highest BCUT2D eigenvalue weighted by atomic mass is 32.2. The van der Waals surface area contributed by atoms with Gasteiger partial charge in [0.05, 0.1) is 9.79 Å². The number of hydrogen-bond donors (Lipinski definition) is 1. The number of carbonyl (C=O) groups is 1.